The minimum Gasteiger partial charge on any atom is -0.467 e. The van der Waals surface area contributed by atoms with Gasteiger partial charge in [-0.3, -0.25) is 10.1 Å². The SMILES string of the molecule is CN(Cc1cc([N+](=O)[O-])cc2c1OCOC2)c1ccc(C(C)(C)C)cc1. The fourth-order valence-electron chi connectivity index (χ4n) is 3.07. The van der Waals surface area contributed by atoms with Crippen LogP contribution in [0.3, 0.4) is 0 Å². The lowest BCUT2D eigenvalue weighted by atomic mass is 9.87. The van der Waals surface area contributed by atoms with Gasteiger partial charge in [-0.25, -0.2) is 0 Å². The van der Waals surface area contributed by atoms with Crippen LogP contribution in [0.15, 0.2) is 36.4 Å². The highest BCUT2D eigenvalue weighted by atomic mass is 16.7. The number of ether oxygens (including phenoxy) is 2. The van der Waals surface area contributed by atoms with Crippen LogP contribution in [0.1, 0.15) is 37.5 Å². The van der Waals surface area contributed by atoms with Gasteiger partial charge in [0.1, 0.15) is 5.75 Å². The van der Waals surface area contributed by atoms with E-state index < -0.39 is 0 Å². The zero-order valence-electron chi connectivity index (χ0n) is 15.6. The molecule has 0 fully saturated rings. The van der Waals surface area contributed by atoms with Crippen molar-refractivity contribution in [3.05, 3.63) is 63.2 Å². The van der Waals surface area contributed by atoms with Crippen molar-refractivity contribution < 1.29 is 14.4 Å². The lowest BCUT2D eigenvalue weighted by molar-refractivity contribution is -0.385. The van der Waals surface area contributed by atoms with Gasteiger partial charge < -0.3 is 14.4 Å². The number of nitro groups is 1. The van der Waals surface area contributed by atoms with E-state index in [1.165, 1.54) is 11.6 Å². The first-order valence-corrected chi connectivity index (χ1v) is 8.58. The molecule has 6 nitrogen and oxygen atoms in total. The molecule has 0 amide bonds. The van der Waals surface area contributed by atoms with Crippen LogP contribution in [0.4, 0.5) is 11.4 Å². The molecule has 0 bridgehead atoms. The van der Waals surface area contributed by atoms with Crippen molar-refractivity contribution in [2.45, 2.75) is 39.3 Å². The molecule has 6 heteroatoms. The molecule has 0 saturated heterocycles. The second kappa shape index (κ2) is 6.96. The molecule has 0 spiro atoms. The molecule has 1 aliphatic rings. The topological polar surface area (TPSA) is 64.8 Å². The van der Waals surface area contributed by atoms with Crippen molar-refractivity contribution in [2.24, 2.45) is 0 Å². The number of non-ortho nitro benzene ring substituents is 1. The molecule has 0 radical (unpaired) electrons. The largest absolute Gasteiger partial charge is 0.467 e. The average molecular weight is 356 g/mol. The number of hydrogen-bond donors (Lipinski definition) is 0. The van der Waals surface area contributed by atoms with Gasteiger partial charge in [0.2, 0.25) is 0 Å². The fraction of sp³-hybridized carbons (Fsp3) is 0.400. The van der Waals surface area contributed by atoms with E-state index in [1.807, 2.05) is 7.05 Å². The second-order valence-corrected chi connectivity index (χ2v) is 7.61. The van der Waals surface area contributed by atoms with Gasteiger partial charge in [0.15, 0.2) is 6.79 Å². The number of fused-ring (bicyclic) bond motifs is 1. The average Bonchev–Trinajstić information content (AvgIpc) is 2.61. The molecule has 3 rings (SSSR count). The first kappa shape index (κ1) is 18.2. The van der Waals surface area contributed by atoms with E-state index in [1.54, 1.807) is 6.07 Å². The third kappa shape index (κ3) is 3.80. The van der Waals surface area contributed by atoms with Gasteiger partial charge in [0, 0.05) is 42.5 Å². The Labute approximate surface area is 153 Å². The van der Waals surface area contributed by atoms with Gasteiger partial charge >= 0.3 is 0 Å². The molecule has 0 saturated carbocycles. The van der Waals surface area contributed by atoms with E-state index in [9.17, 15) is 10.1 Å². The highest BCUT2D eigenvalue weighted by Gasteiger charge is 2.22. The monoisotopic (exact) mass is 356 g/mol. The van der Waals surface area contributed by atoms with Gasteiger partial charge in [0.25, 0.3) is 5.69 Å². The maximum absolute atomic E-state index is 11.2. The standard InChI is InChI=1S/C20H24N2O4/c1-20(2,3)16-5-7-17(8-6-16)21(4)11-14-9-18(22(23)24)10-15-12-25-13-26-19(14)15/h5-10H,11-13H2,1-4H3. The Hall–Kier alpha value is -2.60. The van der Waals surface area contributed by atoms with Crippen molar-refractivity contribution in [3.8, 4) is 5.75 Å². The molecule has 0 aromatic heterocycles. The van der Waals surface area contributed by atoms with Crippen molar-refractivity contribution in [1.29, 1.82) is 0 Å². The van der Waals surface area contributed by atoms with Crippen LogP contribution in [0, 0.1) is 10.1 Å². The van der Waals surface area contributed by atoms with Gasteiger partial charge in [-0.15, -0.1) is 0 Å². The predicted octanol–water partition coefficient (Wildman–Crippen LogP) is 4.40. The number of nitrogens with zero attached hydrogens (tertiary/aromatic N) is 2. The van der Waals surface area contributed by atoms with Crippen molar-refractivity contribution in [1.82, 2.24) is 0 Å². The molecular formula is C20H24N2O4. The Morgan fingerprint density at radius 3 is 2.50 bits per heavy atom. The predicted molar refractivity (Wildman–Crippen MR) is 101 cm³/mol. The maximum atomic E-state index is 11.2. The zero-order chi connectivity index (χ0) is 18.9. The van der Waals surface area contributed by atoms with Crippen LogP contribution >= 0.6 is 0 Å². The molecule has 26 heavy (non-hydrogen) atoms. The maximum Gasteiger partial charge on any atom is 0.270 e. The lowest BCUT2D eigenvalue weighted by Crippen LogP contribution is -2.20. The Balaban J connectivity index is 1.88. The van der Waals surface area contributed by atoms with E-state index in [-0.39, 0.29) is 22.8 Å². The number of rotatable bonds is 4. The summed E-state index contributed by atoms with van der Waals surface area (Å²) in [5.74, 6) is 0.694. The third-order valence-corrected chi connectivity index (χ3v) is 4.56. The number of nitro benzene ring substituents is 1. The molecule has 138 valence electrons. The van der Waals surface area contributed by atoms with E-state index in [0.717, 1.165) is 16.8 Å². The summed E-state index contributed by atoms with van der Waals surface area (Å²) in [4.78, 5) is 12.9. The highest BCUT2D eigenvalue weighted by Crippen LogP contribution is 2.34. The second-order valence-electron chi connectivity index (χ2n) is 7.61. The van der Waals surface area contributed by atoms with Gasteiger partial charge in [0.05, 0.1) is 11.5 Å². The van der Waals surface area contributed by atoms with Crippen molar-refractivity contribution >= 4 is 11.4 Å². The van der Waals surface area contributed by atoms with Crippen molar-refractivity contribution in [3.63, 3.8) is 0 Å². The molecule has 0 unspecified atom stereocenters. The van der Waals surface area contributed by atoms with Crippen molar-refractivity contribution in [2.75, 3.05) is 18.7 Å². The molecule has 1 heterocycles. The summed E-state index contributed by atoms with van der Waals surface area (Å²) in [7, 11) is 1.97. The Morgan fingerprint density at radius 2 is 1.88 bits per heavy atom. The van der Waals surface area contributed by atoms with E-state index >= 15 is 0 Å². The summed E-state index contributed by atoms with van der Waals surface area (Å²) >= 11 is 0. The number of anilines is 1. The van der Waals surface area contributed by atoms with Crippen LogP contribution in [-0.2, 0) is 23.3 Å². The minimum absolute atomic E-state index is 0.0596. The molecular weight excluding hydrogens is 332 g/mol. The van der Waals surface area contributed by atoms with E-state index in [2.05, 4.69) is 49.9 Å². The third-order valence-electron chi connectivity index (χ3n) is 4.56. The van der Waals surface area contributed by atoms with Crippen LogP contribution in [-0.4, -0.2) is 18.8 Å². The van der Waals surface area contributed by atoms with E-state index in [0.29, 0.717) is 18.9 Å². The Kier molecular flexibility index (Phi) is 4.87. The summed E-state index contributed by atoms with van der Waals surface area (Å²) in [5.41, 5.74) is 3.98. The van der Waals surface area contributed by atoms with E-state index in [4.69, 9.17) is 9.47 Å². The fourth-order valence-corrected chi connectivity index (χ4v) is 3.07. The Morgan fingerprint density at radius 1 is 1.19 bits per heavy atom. The number of benzene rings is 2. The molecule has 1 aliphatic heterocycles. The smallest absolute Gasteiger partial charge is 0.270 e. The normalized spacial score (nSPS) is 13.7. The zero-order valence-corrected chi connectivity index (χ0v) is 15.6. The minimum atomic E-state index is -0.378. The highest BCUT2D eigenvalue weighted by molar-refractivity contribution is 5.54. The summed E-state index contributed by atoms with van der Waals surface area (Å²) in [6.07, 6.45) is 0. The number of hydrogen-bond acceptors (Lipinski definition) is 5. The van der Waals surface area contributed by atoms with Crippen LogP contribution in [0.2, 0.25) is 0 Å². The van der Waals surface area contributed by atoms with Crippen LogP contribution in [0.5, 0.6) is 5.75 Å². The molecule has 0 aliphatic carbocycles. The summed E-state index contributed by atoms with van der Waals surface area (Å²) in [6.45, 7) is 7.55. The summed E-state index contributed by atoms with van der Waals surface area (Å²) in [6, 6.07) is 11.5. The molecule has 0 atom stereocenters. The van der Waals surface area contributed by atoms with Gasteiger partial charge in [-0.05, 0) is 23.1 Å². The molecule has 2 aromatic rings. The van der Waals surface area contributed by atoms with Gasteiger partial charge in [-0.1, -0.05) is 32.9 Å². The molecule has 2 aromatic carbocycles. The van der Waals surface area contributed by atoms with Crippen LogP contribution in [0.25, 0.3) is 0 Å². The first-order chi connectivity index (χ1) is 12.3. The quantitative estimate of drug-likeness (QED) is 0.600. The lowest BCUT2D eigenvalue weighted by Gasteiger charge is -2.25. The summed E-state index contributed by atoms with van der Waals surface area (Å²) in [5, 5.41) is 11.2. The summed E-state index contributed by atoms with van der Waals surface area (Å²) < 4.78 is 10.9. The first-order valence-electron chi connectivity index (χ1n) is 8.58. The van der Waals surface area contributed by atoms with Gasteiger partial charge in [-0.2, -0.15) is 0 Å². The Bertz CT molecular complexity index is 810. The van der Waals surface area contributed by atoms with Crippen LogP contribution < -0.4 is 9.64 Å². The molecule has 0 N–H and O–H groups in total.